The Labute approximate surface area is 109 Å². The number of carbonyl (C=O) groups is 1. The summed E-state index contributed by atoms with van der Waals surface area (Å²) in [6.45, 7) is 4.16. The van der Waals surface area contributed by atoms with Crippen molar-refractivity contribution < 1.29 is 9.90 Å². The van der Waals surface area contributed by atoms with Crippen molar-refractivity contribution in [3.63, 3.8) is 0 Å². The minimum atomic E-state index is -0.663. The molecule has 0 fully saturated rings. The number of aliphatic carboxylic acids is 1. The Morgan fingerprint density at radius 3 is 2.67 bits per heavy atom. The fourth-order valence-corrected chi connectivity index (χ4v) is 2.88. The molecule has 1 aliphatic carbocycles. The van der Waals surface area contributed by atoms with Crippen LogP contribution in [0.2, 0.25) is 0 Å². The fourth-order valence-electron chi connectivity index (χ4n) is 2.88. The Hall–Kier alpha value is -1.31. The monoisotopic (exact) mass is 246 g/mol. The third kappa shape index (κ3) is 3.12. The molecule has 0 radical (unpaired) electrons. The van der Waals surface area contributed by atoms with Gasteiger partial charge in [0.15, 0.2) is 0 Å². The number of hydrogen-bond donors (Lipinski definition) is 1. The summed E-state index contributed by atoms with van der Waals surface area (Å²) < 4.78 is 0. The highest BCUT2D eigenvalue weighted by Gasteiger charge is 2.20. The maximum Gasteiger partial charge on any atom is 0.306 e. The van der Waals surface area contributed by atoms with Crippen molar-refractivity contribution in [3.8, 4) is 0 Å². The van der Waals surface area contributed by atoms with Crippen molar-refractivity contribution in [1.29, 1.82) is 0 Å². The Morgan fingerprint density at radius 1 is 1.28 bits per heavy atom. The summed E-state index contributed by atoms with van der Waals surface area (Å²) in [5.41, 5.74) is 4.07. The SMILES string of the molecule is CC(C)CC(Cc1ccc2c(c1)CCC2)C(=O)O. The van der Waals surface area contributed by atoms with E-state index in [-0.39, 0.29) is 5.92 Å². The van der Waals surface area contributed by atoms with Gasteiger partial charge in [0.25, 0.3) is 0 Å². The second kappa shape index (κ2) is 5.55. The number of carboxylic acids is 1. The number of rotatable bonds is 5. The van der Waals surface area contributed by atoms with Crippen molar-refractivity contribution in [2.24, 2.45) is 11.8 Å². The largest absolute Gasteiger partial charge is 0.481 e. The highest BCUT2D eigenvalue weighted by atomic mass is 16.4. The summed E-state index contributed by atoms with van der Waals surface area (Å²) in [6, 6.07) is 6.52. The molecule has 18 heavy (non-hydrogen) atoms. The average Bonchev–Trinajstić information content (AvgIpc) is 2.74. The van der Waals surface area contributed by atoms with E-state index in [9.17, 15) is 9.90 Å². The standard InChI is InChI=1S/C16H22O2/c1-11(2)8-15(16(17)18)10-12-6-7-13-4-3-5-14(13)9-12/h6-7,9,11,15H,3-5,8,10H2,1-2H3,(H,17,18). The lowest BCUT2D eigenvalue weighted by atomic mass is 9.90. The van der Waals surface area contributed by atoms with Gasteiger partial charge in [0, 0.05) is 0 Å². The number of carboxylic acid groups (broad SMARTS) is 1. The van der Waals surface area contributed by atoms with Gasteiger partial charge in [-0.25, -0.2) is 0 Å². The summed E-state index contributed by atoms with van der Waals surface area (Å²) in [5, 5.41) is 9.28. The zero-order valence-corrected chi connectivity index (χ0v) is 11.3. The molecule has 0 saturated heterocycles. The molecule has 0 spiro atoms. The summed E-state index contributed by atoms with van der Waals surface area (Å²) in [4.78, 5) is 11.3. The van der Waals surface area contributed by atoms with Crippen molar-refractivity contribution in [3.05, 3.63) is 34.9 Å². The third-order valence-corrected chi connectivity index (χ3v) is 3.75. The van der Waals surface area contributed by atoms with Gasteiger partial charge in [0.05, 0.1) is 5.92 Å². The van der Waals surface area contributed by atoms with E-state index in [1.807, 2.05) is 0 Å². The van der Waals surface area contributed by atoms with E-state index < -0.39 is 5.97 Å². The number of aryl methyl sites for hydroxylation is 2. The van der Waals surface area contributed by atoms with Crippen molar-refractivity contribution in [2.75, 3.05) is 0 Å². The number of benzene rings is 1. The molecule has 0 heterocycles. The van der Waals surface area contributed by atoms with Crippen LogP contribution < -0.4 is 0 Å². The van der Waals surface area contributed by atoms with Gasteiger partial charge in [0.2, 0.25) is 0 Å². The predicted molar refractivity (Wildman–Crippen MR) is 72.8 cm³/mol. The lowest BCUT2D eigenvalue weighted by molar-refractivity contribution is -0.142. The molecule has 2 nitrogen and oxygen atoms in total. The van der Waals surface area contributed by atoms with Crippen molar-refractivity contribution in [1.82, 2.24) is 0 Å². The van der Waals surface area contributed by atoms with Gasteiger partial charge in [-0.2, -0.15) is 0 Å². The molecule has 0 aromatic heterocycles. The summed E-state index contributed by atoms with van der Waals surface area (Å²) in [5.74, 6) is -0.478. The zero-order chi connectivity index (χ0) is 13.1. The van der Waals surface area contributed by atoms with Crippen LogP contribution in [0.5, 0.6) is 0 Å². The topological polar surface area (TPSA) is 37.3 Å². The van der Waals surface area contributed by atoms with Crippen LogP contribution in [0.4, 0.5) is 0 Å². The van der Waals surface area contributed by atoms with Crippen molar-refractivity contribution in [2.45, 2.75) is 46.0 Å². The molecule has 2 heteroatoms. The normalized spacial score (nSPS) is 15.7. The van der Waals surface area contributed by atoms with Crippen molar-refractivity contribution >= 4 is 5.97 Å². The van der Waals surface area contributed by atoms with Gasteiger partial charge in [-0.3, -0.25) is 4.79 Å². The molecule has 1 aromatic carbocycles. The molecule has 0 amide bonds. The van der Waals surface area contributed by atoms with E-state index in [0.29, 0.717) is 12.3 Å². The summed E-state index contributed by atoms with van der Waals surface area (Å²) in [7, 11) is 0. The van der Waals surface area contributed by atoms with Crippen LogP contribution in [0.1, 0.15) is 43.4 Å². The molecule has 0 saturated carbocycles. The lowest BCUT2D eigenvalue weighted by Crippen LogP contribution is -2.18. The summed E-state index contributed by atoms with van der Waals surface area (Å²) >= 11 is 0. The molecule has 0 bridgehead atoms. The molecule has 98 valence electrons. The first kappa shape index (κ1) is 13.1. The first-order chi connectivity index (χ1) is 8.56. The van der Waals surface area contributed by atoms with Crippen LogP contribution in [0.3, 0.4) is 0 Å². The third-order valence-electron chi connectivity index (χ3n) is 3.75. The van der Waals surface area contributed by atoms with Gasteiger partial charge < -0.3 is 5.11 Å². The van der Waals surface area contributed by atoms with Crippen LogP contribution in [-0.4, -0.2) is 11.1 Å². The van der Waals surface area contributed by atoms with Crippen LogP contribution in [0.15, 0.2) is 18.2 Å². The Morgan fingerprint density at radius 2 is 2.00 bits per heavy atom. The molecule has 1 aromatic rings. The first-order valence-electron chi connectivity index (χ1n) is 6.89. The fraction of sp³-hybridized carbons (Fsp3) is 0.562. The molecule has 1 aliphatic rings. The zero-order valence-electron chi connectivity index (χ0n) is 11.3. The molecule has 2 rings (SSSR count). The molecule has 0 aliphatic heterocycles. The minimum Gasteiger partial charge on any atom is -0.481 e. The average molecular weight is 246 g/mol. The van der Waals surface area contributed by atoms with Crippen LogP contribution in [-0.2, 0) is 24.1 Å². The van der Waals surface area contributed by atoms with Crippen LogP contribution in [0, 0.1) is 11.8 Å². The molecular weight excluding hydrogens is 224 g/mol. The number of fused-ring (bicyclic) bond motifs is 1. The van der Waals surface area contributed by atoms with Gasteiger partial charge in [-0.1, -0.05) is 32.0 Å². The molecule has 1 N–H and O–H groups in total. The second-order valence-corrected chi connectivity index (χ2v) is 5.83. The smallest absolute Gasteiger partial charge is 0.306 e. The van der Waals surface area contributed by atoms with Gasteiger partial charge in [-0.05, 0) is 54.7 Å². The Bertz CT molecular complexity index is 435. The van der Waals surface area contributed by atoms with E-state index in [1.54, 1.807) is 0 Å². The Balaban J connectivity index is 2.09. The maximum absolute atomic E-state index is 11.3. The number of hydrogen-bond acceptors (Lipinski definition) is 1. The molecular formula is C16H22O2. The quantitative estimate of drug-likeness (QED) is 0.863. The maximum atomic E-state index is 11.3. The van der Waals surface area contributed by atoms with Gasteiger partial charge in [-0.15, -0.1) is 0 Å². The minimum absolute atomic E-state index is 0.246. The molecule has 1 unspecified atom stereocenters. The summed E-state index contributed by atoms with van der Waals surface area (Å²) in [6.07, 6.45) is 5.01. The highest BCUT2D eigenvalue weighted by molar-refractivity contribution is 5.70. The second-order valence-electron chi connectivity index (χ2n) is 5.83. The molecule has 1 atom stereocenters. The van der Waals surface area contributed by atoms with Crippen LogP contribution >= 0.6 is 0 Å². The van der Waals surface area contributed by atoms with E-state index >= 15 is 0 Å². The van der Waals surface area contributed by atoms with E-state index in [1.165, 1.54) is 29.5 Å². The van der Waals surface area contributed by atoms with E-state index in [4.69, 9.17) is 0 Å². The van der Waals surface area contributed by atoms with Crippen LogP contribution in [0.25, 0.3) is 0 Å². The lowest BCUT2D eigenvalue weighted by Gasteiger charge is -2.15. The first-order valence-corrected chi connectivity index (χ1v) is 6.89. The van der Waals surface area contributed by atoms with Gasteiger partial charge >= 0.3 is 5.97 Å². The highest BCUT2D eigenvalue weighted by Crippen LogP contribution is 2.25. The Kier molecular flexibility index (Phi) is 4.05. The van der Waals surface area contributed by atoms with Gasteiger partial charge in [0.1, 0.15) is 0 Å². The van der Waals surface area contributed by atoms with E-state index in [0.717, 1.165) is 12.8 Å². The predicted octanol–water partition coefficient (Wildman–Crippen LogP) is 3.46. The van der Waals surface area contributed by atoms with E-state index in [2.05, 4.69) is 32.0 Å².